The van der Waals surface area contributed by atoms with E-state index in [9.17, 15) is 0 Å². The maximum absolute atomic E-state index is 5.93. The molecule has 0 saturated heterocycles. The second kappa shape index (κ2) is 5.98. The maximum Gasteiger partial charge on any atom is 0.0754 e. The van der Waals surface area contributed by atoms with Gasteiger partial charge in [0.15, 0.2) is 0 Å². The molecule has 3 heteroatoms. The number of nitrogens with zero attached hydrogens (tertiary/aromatic N) is 1. The molecule has 0 saturated carbocycles. The molecule has 0 radical (unpaired) electrons. The van der Waals surface area contributed by atoms with Crippen LogP contribution < -0.4 is 5.32 Å². The number of pyridine rings is 1. The van der Waals surface area contributed by atoms with Gasteiger partial charge in [-0.1, -0.05) is 36.7 Å². The van der Waals surface area contributed by atoms with Crippen LogP contribution in [0.15, 0.2) is 42.6 Å². The van der Waals surface area contributed by atoms with Gasteiger partial charge < -0.3 is 5.32 Å². The molecule has 0 amide bonds. The lowest BCUT2D eigenvalue weighted by molar-refractivity contribution is 0.612. The Labute approximate surface area is 113 Å². The molecular weight excluding hydrogens is 244 g/mol. The van der Waals surface area contributed by atoms with Crippen molar-refractivity contribution in [3.63, 3.8) is 0 Å². The number of halogens is 1. The summed E-state index contributed by atoms with van der Waals surface area (Å²) in [5.41, 5.74) is 3.45. The van der Waals surface area contributed by atoms with Crippen molar-refractivity contribution in [1.29, 1.82) is 0 Å². The molecule has 1 aromatic carbocycles. The Hall–Kier alpha value is -1.38. The molecule has 18 heavy (non-hydrogen) atoms. The van der Waals surface area contributed by atoms with Crippen molar-refractivity contribution in [3.05, 3.63) is 64.4 Å². The number of rotatable bonds is 4. The Morgan fingerprint density at radius 2 is 1.94 bits per heavy atom. The Morgan fingerprint density at radius 1 is 1.22 bits per heavy atom. The van der Waals surface area contributed by atoms with Crippen molar-refractivity contribution in [2.24, 2.45) is 0 Å². The summed E-state index contributed by atoms with van der Waals surface area (Å²) in [6.07, 6.45) is 1.84. The minimum absolute atomic E-state index is 0.119. The van der Waals surface area contributed by atoms with E-state index >= 15 is 0 Å². The van der Waals surface area contributed by atoms with Crippen LogP contribution >= 0.6 is 11.6 Å². The van der Waals surface area contributed by atoms with Crippen LogP contribution in [0.3, 0.4) is 0 Å². The molecule has 1 atom stereocenters. The third-order valence-corrected chi connectivity index (χ3v) is 3.19. The highest BCUT2D eigenvalue weighted by Crippen LogP contribution is 2.24. The molecule has 0 fully saturated rings. The molecule has 1 N–H and O–H groups in total. The zero-order chi connectivity index (χ0) is 13.0. The van der Waals surface area contributed by atoms with E-state index in [1.807, 2.05) is 36.5 Å². The van der Waals surface area contributed by atoms with Crippen LogP contribution in [0.2, 0.25) is 5.02 Å². The SMILES string of the molecule is CCNC(c1ccc(Cl)cc1)c1ncccc1C. The summed E-state index contributed by atoms with van der Waals surface area (Å²) in [5, 5.41) is 4.23. The predicted octanol–water partition coefficient (Wildman–Crippen LogP) is 3.74. The smallest absolute Gasteiger partial charge is 0.0754 e. The lowest BCUT2D eigenvalue weighted by atomic mass is 10.00. The number of hydrogen-bond acceptors (Lipinski definition) is 2. The summed E-state index contributed by atoms with van der Waals surface area (Å²) in [7, 11) is 0. The summed E-state index contributed by atoms with van der Waals surface area (Å²) in [5.74, 6) is 0. The first kappa shape index (κ1) is 13.1. The molecule has 0 aliphatic carbocycles. The van der Waals surface area contributed by atoms with Crippen LogP contribution in [0.25, 0.3) is 0 Å². The largest absolute Gasteiger partial charge is 0.305 e. The van der Waals surface area contributed by atoms with Gasteiger partial charge in [0, 0.05) is 11.2 Å². The third-order valence-electron chi connectivity index (χ3n) is 2.93. The van der Waals surface area contributed by atoms with E-state index < -0.39 is 0 Å². The van der Waals surface area contributed by atoms with Gasteiger partial charge in [0.2, 0.25) is 0 Å². The van der Waals surface area contributed by atoms with Crippen molar-refractivity contribution in [2.75, 3.05) is 6.54 Å². The minimum Gasteiger partial charge on any atom is -0.305 e. The average Bonchev–Trinajstić information content (AvgIpc) is 2.38. The van der Waals surface area contributed by atoms with Crippen LogP contribution in [-0.2, 0) is 0 Å². The van der Waals surface area contributed by atoms with Gasteiger partial charge in [-0.05, 0) is 42.8 Å². The number of aromatic nitrogens is 1. The maximum atomic E-state index is 5.93. The Morgan fingerprint density at radius 3 is 2.56 bits per heavy atom. The first-order chi connectivity index (χ1) is 8.72. The van der Waals surface area contributed by atoms with E-state index in [0.717, 1.165) is 17.3 Å². The number of hydrogen-bond donors (Lipinski definition) is 1. The summed E-state index contributed by atoms with van der Waals surface area (Å²) < 4.78 is 0. The minimum atomic E-state index is 0.119. The second-order valence-corrected chi connectivity index (χ2v) is 4.68. The molecule has 1 heterocycles. The van der Waals surface area contributed by atoms with Crippen molar-refractivity contribution in [3.8, 4) is 0 Å². The van der Waals surface area contributed by atoms with Crippen molar-refractivity contribution in [1.82, 2.24) is 10.3 Å². The van der Waals surface area contributed by atoms with E-state index in [0.29, 0.717) is 0 Å². The average molecular weight is 261 g/mol. The van der Waals surface area contributed by atoms with Gasteiger partial charge in [-0.15, -0.1) is 0 Å². The van der Waals surface area contributed by atoms with Crippen molar-refractivity contribution in [2.45, 2.75) is 19.9 Å². The molecule has 0 aliphatic rings. The lowest BCUT2D eigenvalue weighted by Gasteiger charge is -2.19. The van der Waals surface area contributed by atoms with Gasteiger partial charge in [0.25, 0.3) is 0 Å². The molecule has 0 bridgehead atoms. The Kier molecular flexibility index (Phi) is 4.34. The summed E-state index contributed by atoms with van der Waals surface area (Å²) in [6, 6.07) is 12.1. The molecule has 2 aromatic rings. The molecule has 94 valence electrons. The third kappa shape index (κ3) is 2.89. The molecular formula is C15H17ClN2. The summed E-state index contributed by atoms with van der Waals surface area (Å²) in [6.45, 7) is 5.08. The predicted molar refractivity (Wildman–Crippen MR) is 75.9 cm³/mol. The first-order valence-corrected chi connectivity index (χ1v) is 6.50. The standard InChI is InChI=1S/C15H17ClN2/c1-3-17-15(12-6-8-13(16)9-7-12)14-11(2)5-4-10-18-14/h4-10,15,17H,3H2,1-2H3. The number of benzene rings is 1. The lowest BCUT2D eigenvalue weighted by Crippen LogP contribution is -2.23. The van der Waals surface area contributed by atoms with E-state index in [4.69, 9.17) is 11.6 Å². The van der Waals surface area contributed by atoms with E-state index in [-0.39, 0.29) is 6.04 Å². The van der Waals surface area contributed by atoms with Crippen LogP contribution in [-0.4, -0.2) is 11.5 Å². The highest BCUT2D eigenvalue weighted by atomic mass is 35.5. The number of aryl methyl sites for hydroxylation is 1. The number of nitrogens with one attached hydrogen (secondary N) is 1. The Balaban J connectivity index is 2.40. The van der Waals surface area contributed by atoms with E-state index in [1.165, 1.54) is 11.1 Å². The summed E-state index contributed by atoms with van der Waals surface area (Å²) >= 11 is 5.93. The zero-order valence-corrected chi connectivity index (χ0v) is 11.4. The highest BCUT2D eigenvalue weighted by Gasteiger charge is 2.15. The zero-order valence-electron chi connectivity index (χ0n) is 10.7. The highest BCUT2D eigenvalue weighted by molar-refractivity contribution is 6.30. The van der Waals surface area contributed by atoms with Crippen molar-refractivity contribution < 1.29 is 0 Å². The van der Waals surface area contributed by atoms with E-state index in [1.54, 1.807) is 0 Å². The molecule has 2 nitrogen and oxygen atoms in total. The van der Waals surface area contributed by atoms with Gasteiger partial charge in [-0.3, -0.25) is 4.98 Å². The quantitative estimate of drug-likeness (QED) is 0.906. The van der Waals surface area contributed by atoms with Gasteiger partial charge in [-0.25, -0.2) is 0 Å². The van der Waals surface area contributed by atoms with E-state index in [2.05, 4.69) is 30.2 Å². The Bertz CT molecular complexity index is 508. The molecule has 1 unspecified atom stereocenters. The fourth-order valence-electron chi connectivity index (χ4n) is 2.03. The van der Waals surface area contributed by atoms with Crippen LogP contribution in [0.1, 0.15) is 29.8 Å². The fraction of sp³-hybridized carbons (Fsp3) is 0.267. The van der Waals surface area contributed by atoms with Crippen molar-refractivity contribution >= 4 is 11.6 Å². The van der Waals surface area contributed by atoms with Gasteiger partial charge in [-0.2, -0.15) is 0 Å². The first-order valence-electron chi connectivity index (χ1n) is 6.12. The van der Waals surface area contributed by atoms with Gasteiger partial charge >= 0.3 is 0 Å². The summed E-state index contributed by atoms with van der Waals surface area (Å²) in [4.78, 5) is 4.50. The fourth-order valence-corrected chi connectivity index (χ4v) is 2.16. The van der Waals surface area contributed by atoms with Gasteiger partial charge in [0.1, 0.15) is 0 Å². The second-order valence-electron chi connectivity index (χ2n) is 4.25. The molecule has 2 rings (SSSR count). The normalized spacial score (nSPS) is 12.4. The van der Waals surface area contributed by atoms with Crippen LogP contribution in [0.5, 0.6) is 0 Å². The molecule has 0 aliphatic heterocycles. The monoisotopic (exact) mass is 260 g/mol. The van der Waals surface area contributed by atoms with Crippen LogP contribution in [0.4, 0.5) is 0 Å². The van der Waals surface area contributed by atoms with Gasteiger partial charge in [0.05, 0.1) is 11.7 Å². The topological polar surface area (TPSA) is 24.9 Å². The molecule has 1 aromatic heterocycles. The van der Waals surface area contributed by atoms with Crippen LogP contribution in [0, 0.1) is 6.92 Å². The molecule has 0 spiro atoms.